The summed E-state index contributed by atoms with van der Waals surface area (Å²) in [6, 6.07) is 0. The molecular formula is C69H96Br5ClN18O10S. The number of hydrogen-bond acceptors (Lipinski definition) is 25. The molecule has 11 rings (SSSR count). The first kappa shape index (κ1) is 85.4. The molecule has 35 heteroatoms. The number of nitrogens with one attached hydrogen (secondary N) is 3. The van der Waals surface area contributed by atoms with Gasteiger partial charge >= 0.3 is 6.09 Å². The second-order valence-corrected chi connectivity index (χ2v) is 32.4. The van der Waals surface area contributed by atoms with Crippen LogP contribution in [0.3, 0.4) is 0 Å². The number of likely N-dealkylation sites (tertiary alicyclic amines) is 3. The minimum Gasteiger partial charge on any atom is -0.476 e. The molecule has 3 N–H and O–H groups in total. The number of rotatable bonds is 22. The number of aromatic nitrogens is 11. The number of nitrogens with zero attached hydrogens (tertiary/aromatic N) is 15. The molecule has 0 spiro atoms. The van der Waals surface area contributed by atoms with Crippen molar-refractivity contribution in [2.45, 2.75) is 124 Å². The Bertz CT molecular complexity index is 3460. The zero-order chi connectivity index (χ0) is 74.8. The molecule has 6 aromatic rings. The Hall–Kier alpha value is -5.88. The van der Waals surface area contributed by atoms with Crippen molar-refractivity contribution < 1.29 is 47.6 Å². The number of halogens is 6. The van der Waals surface area contributed by atoms with Gasteiger partial charge in [0, 0.05) is 64.2 Å². The Labute approximate surface area is 660 Å². The fourth-order valence-electron chi connectivity index (χ4n) is 10.9. The Kier molecular flexibility index (Phi) is 37.5. The van der Waals surface area contributed by atoms with Gasteiger partial charge in [0.1, 0.15) is 33.6 Å². The van der Waals surface area contributed by atoms with Crippen molar-refractivity contribution >= 4 is 132 Å². The number of ether oxygens (including phenoxy) is 6. The van der Waals surface area contributed by atoms with Crippen LogP contribution in [0.2, 0.25) is 0 Å². The summed E-state index contributed by atoms with van der Waals surface area (Å²) in [5.41, 5.74) is -0.447. The van der Waals surface area contributed by atoms with Gasteiger partial charge in [0.2, 0.25) is 47.1 Å². The monoisotopic (exact) mass is 1800 g/mol. The zero-order valence-corrected chi connectivity index (χ0v) is 69.5. The number of amides is 4. The third kappa shape index (κ3) is 32.7. The van der Waals surface area contributed by atoms with E-state index < -0.39 is 5.60 Å². The predicted molar refractivity (Wildman–Crippen MR) is 414 cm³/mol. The molecular weight excluding hydrogens is 1710 g/mol. The lowest BCUT2D eigenvalue weighted by atomic mass is 9.98. The molecule has 0 atom stereocenters. The molecule has 5 saturated heterocycles. The average molecular weight is 1800 g/mol. The summed E-state index contributed by atoms with van der Waals surface area (Å²) in [6.45, 7) is 25.7. The first-order valence-electron chi connectivity index (χ1n) is 35.0. The van der Waals surface area contributed by atoms with Gasteiger partial charge in [-0.2, -0.15) is 0 Å². The van der Waals surface area contributed by atoms with E-state index in [0.717, 1.165) is 106 Å². The minimum atomic E-state index is -0.447. The average Bonchev–Trinajstić information content (AvgIpc) is 1.80. The largest absolute Gasteiger partial charge is 0.476 e. The summed E-state index contributed by atoms with van der Waals surface area (Å²) in [5.74, 6) is 5.56. The van der Waals surface area contributed by atoms with Crippen LogP contribution in [-0.4, -0.2) is 211 Å². The molecule has 5 aliphatic heterocycles. The normalized spacial score (nSPS) is 16.3. The Morgan fingerprint density at radius 1 is 0.471 bits per heavy atom. The van der Waals surface area contributed by atoms with Gasteiger partial charge in [-0.05, 0) is 219 Å². The second-order valence-electron chi connectivity index (χ2n) is 27.0. The van der Waals surface area contributed by atoms with Crippen LogP contribution < -0.4 is 44.1 Å². The zero-order valence-electron chi connectivity index (χ0n) is 60.0. The van der Waals surface area contributed by atoms with Crippen molar-refractivity contribution in [3.63, 3.8) is 0 Å². The number of anilines is 1. The molecule has 11 heterocycles. The highest BCUT2D eigenvalue weighted by atomic mass is 79.9. The Morgan fingerprint density at radius 2 is 0.798 bits per heavy atom. The van der Waals surface area contributed by atoms with E-state index in [1.165, 1.54) is 22.9 Å². The molecule has 0 radical (unpaired) electrons. The van der Waals surface area contributed by atoms with Crippen molar-refractivity contribution in [3.05, 3.63) is 96.2 Å². The van der Waals surface area contributed by atoms with E-state index in [1.807, 2.05) is 43.2 Å². The molecule has 28 nitrogen and oxygen atoms in total. The Balaban J connectivity index is 0.000000183. The molecule has 0 saturated carbocycles. The highest BCUT2D eigenvalue weighted by Crippen LogP contribution is 2.32. The van der Waals surface area contributed by atoms with Gasteiger partial charge in [-0.3, -0.25) is 14.4 Å². The molecule has 6 aromatic heterocycles. The van der Waals surface area contributed by atoms with Crippen LogP contribution in [0.4, 0.5) is 9.80 Å². The summed E-state index contributed by atoms with van der Waals surface area (Å²) >= 11 is 23.4. The van der Waals surface area contributed by atoms with E-state index in [2.05, 4.69) is 169 Å². The number of hydrogen-bond donors (Lipinski definition) is 3. The van der Waals surface area contributed by atoms with Gasteiger partial charge in [0.15, 0.2) is 0 Å². The van der Waals surface area contributed by atoms with Crippen LogP contribution in [-0.2, 0) is 19.1 Å². The number of piperidine rings is 5. The SMILES string of the molecule is Brc1cnc(OCC2CCNCC2)cn1.CC(C)(C)OC(=O)N1CCC(COc2cnc(Br)cn2)CC1.CC(C)C(=O)NCC(=O)N1CCC(COc2cnc(Br)cn2)CC1.CC(C)c1ncc(N2CCC(COc3cnc(Br)cn3)CC2)s1.O=C(CNCl)N1CCC(COc2cnc(Br)cn2)CC1. The first-order chi connectivity index (χ1) is 49.9. The topological polar surface area (TPSA) is 314 Å². The van der Waals surface area contributed by atoms with E-state index in [-0.39, 0.29) is 42.8 Å². The lowest BCUT2D eigenvalue weighted by Crippen LogP contribution is -2.45. The summed E-state index contributed by atoms with van der Waals surface area (Å²) in [5, 5.41) is 8.52. The van der Waals surface area contributed by atoms with Gasteiger partial charge in [0.25, 0.3) is 0 Å². The van der Waals surface area contributed by atoms with Crippen LogP contribution in [0, 0.1) is 35.5 Å². The van der Waals surface area contributed by atoms with Gasteiger partial charge in [-0.25, -0.2) is 64.5 Å². The number of thiazole rings is 1. The van der Waals surface area contributed by atoms with Crippen molar-refractivity contribution in [1.29, 1.82) is 0 Å². The van der Waals surface area contributed by atoms with Crippen LogP contribution in [0.1, 0.15) is 124 Å². The maximum atomic E-state index is 12.1. The van der Waals surface area contributed by atoms with E-state index in [1.54, 1.807) is 85.6 Å². The number of carbonyl (C=O) groups is 4. The number of carbonyl (C=O) groups excluding carboxylic acids is 4. The molecule has 5 fully saturated rings. The minimum absolute atomic E-state index is 0.0258. The van der Waals surface area contributed by atoms with Crippen LogP contribution in [0.5, 0.6) is 29.4 Å². The summed E-state index contributed by atoms with van der Waals surface area (Å²) in [6.07, 6.45) is 28.1. The van der Waals surface area contributed by atoms with Gasteiger partial charge in [-0.15, -0.1) is 11.3 Å². The molecule has 4 amide bonds. The van der Waals surface area contributed by atoms with E-state index >= 15 is 0 Å². The van der Waals surface area contributed by atoms with Crippen LogP contribution in [0.25, 0.3) is 0 Å². The van der Waals surface area contributed by atoms with E-state index in [0.29, 0.717) is 131 Å². The van der Waals surface area contributed by atoms with Crippen molar-refractivity contribution in [2.75, 3.05) is 116 Å². The molecule has 0 aromatic carbocycles. The third-order valence-corrected chi connectivity index (χ3v) is 20.6. The van der Waals surface area contributed by atoms with E-state index in [4.69, 9.17) is 40.2 Å². The predicted octanol–water partition coefficient (Wildman–Crippen LogP) is 12.2. The fourth-order valence-corrected chi connectivity index (χ4v) is 13.0. The highest BCUT2D eigenvalue weighted by Gasteiger charge is 2.29. The fraction of sp³-hybridized carbons (Fsp3) is 0.609. The standard InChI is InChI=1S/C16H23BrN4O3.C16H21BrN4OS.C15H22BrN3O3.C12H16BrClN4O2.C10H14BrN3O/c1-11(2)16(23)20-9-15(22)21-5-3-12(4-6-21)10-24-14-8-18-13(17)7-19-14;1-11(2)16-20-9-15(23-16)21-5-3-12(4-6-21)10-22-14-8-18-13(17)7-19-14;1-15(2,3)22-14(20)19-6-4-11(5-7-19)10-21-13-9-17-12(16)8-18-13;13-10-5-16-11(6-15-10)20-8-9-1-3-18(4-2-9)12(19)7-17-14;11-9-5-14-10(6-13-9)15-7-8-1-3-12-4-2-8/h7-8,11-12H,3-6,9-10H2,1-2H3,(H,20,23);7-9,11-12H,3-6,10H2,1-2H3;8-9,11H,4-7,10H2,1-3H3;5-6,9,17H,1-4,7-8H2;5-6,8,12H,1-4,7H2. The molecule has 5 aliphatic rings. The van der Waals surface area contributed by atoms with Crippen LogP contribution in [0.15, 0.2) is 91.2 Å². The van der Waals surface area contributed by atoms with Crippen molar-refractivity contribution in [2.24, 2.45) is 35.5 Å². The third-order valence-electron chi connectivity index (χ3n) is 17.1. The summed E-state index contributed by atoms with van der Waals surface area (Å²) < 4.78 is 37.1. The molecule has 570 valence electrons. The molecule has 0 aliphatic carbocycles. The van der Waals surface area contributed by atoms with Crippen molar-refractivity contribution in [3.8, 4) is 29.4 Å². The maximum absolute atomic E-state index is 12.1. The quantitative estimate of drug-likeness (QED) is 0.0532. The van der Waals surface area contributed by atoms with Gasteiger partial charge < -0.3 is 58.7 Å². The maximum Gasteiger partial charge on any atom is 0.410 e. The lowest BCUT2D eigenvalue weighted by Gasteiger charge is -2.33. The highest BCUT2D eigenvalue weighted by molar-refractivity contribution is 9.11. The van der Waals surface area contributed by atoms with E-state index in [9.17, 15) is 19.2 Å². The summed E-state index contributed by atoms with van der Waals surface area (Å²) in [4.78, 5) is 103. The lowest BCUT2D eigenvalue weighted by molar-refractivity contribution is -0.134. The molecule has 0 unspecified atom stereocenters. The second kappa shape index (κ2) is 45.7. The summed E-state index contributed by atoms with van der Waals surface area (Å²) in [7, 11) is 0. The first-order valence-corrected chi connectivity index (χ1v) is 40.2. The van der Waals surface area contributed by atoms with Gasteiger partial charge in [-0.1, -0.05) is 27.7 Å². The van der Waals surface area contributed by atoms with Crippen molar-refractivity contribution in [1.82, 2.24) is 85.0 Å². The Morgan fingerprint density at radius 3 is 1.10 bits per heavy atom. The van der Waals surface area contributed by atoms with Gasteiger partial charge in [0.05, 0.1) is 119 Å². The van der Waals surface area contributed by atoms with Crippen LogP contribution >= 0.6 is 103 Å². The molecule has 104 heavy (non-hydrogen) atoms. The smallest absolute Gasteiger partial charge is 0.410 e. The molecule has 0 bridgehead atoms.